The van der Waals surface area contributed by atoms with E-state index in [0.717, 1.165) is 17.8 Å². The van der Waals surface area contributed by atoms with E-state index in [0.29, 0.717) is 17.3 Å². The van der Waals surface area contributed by atoms with E-state index in [-0.39, 0.29) is 0 Å². The largest absolute Gasteiger partial charge is 0.385 e. The highest BCUT2D eigenvalue weighted by Crippen LogP contribution is 2.24. The lowest BCUT2D eigenvalue weighted by Crippen LogP contribution is -2.09. The zero-order chi connectivity index (χ0) is 13.1. The van der Waals surface area contributed by atoms with Crippen molar-refractivity contribution < 1.29 is 5.11 Å². The molecule has 5 nitrogen and oxygen atoms in total. The van der Waals surface area contributed by atoms with Gasteiger partial charge in [0.2, 0.25) is 0 Å². The number of halogens is 1. The number of hydrogen-bond donors (Lipinski definition) is 1. The number of aliphatic hydroxyl groups excluding tert-OH is 1. The fourth-order valence-electron chi connectivity index (χ4n) is 1.80. The second kappa shape index (κ2) is 5.46. The highest BCUT2D eigenvalue weighted by atomic mass is 35.5. The number of hydrogen-bond acceptors (Lipinski definition) is 4. The van der Waals surface area contributed by atoms with Crippen molar-refractivity contribution in [1.29, 1.82) is 0 Å². The molecule has 6 heteroatoms. The molecule has 2 heterocycles. The molecule has 0 aliphatic heterocycles. The Hall–Kier alpha value is -1.46. The molecule has 1 unspecified atom stereocenters. The molecule has 0 fully saturated rings. The van der Waals surface area contributed by atoms with Crippen LogP contribution < -0.4 is 0 Å². The molecule has 0 aromatic carbocycles. The van der Waals surface area contributed by atoms with E-state index < -0.39 is 6.10 Å². The first-order valence-corrected chi connectivity index (χ1v) is 6.16. The van der Waals surface area contributed by atoms with Gasteiger partial charge >= 0.3 is 0 Å². The van der Waals surface area contributed by atoms with Crippen LogP contribution in [-0.2, 0) is 19.9 Å². The molecule has 18 heavy (non-hydrogen) atoms. The van der Waals surface area contributed by atoms with Gasteiger partial charge in [0.25, 0.3) is 0 Å². The maximum atomic E-state index is 10.1. The minimum absolute atomic E-state index is 0.354. The number of nitrogens with zero attached hydrogens (tertiary/aromatic N) is 4. The van der Waals surface area contributed by atoms with Crippen LogP contribution in [0.1, 0.15) is 30.2 Å². The lowest BCUT2D eigenvalue weighted by Gasteiger charge is -2.09. The molecular formula is C12H15ClN4O. The monoisotopic (exact) mass is 266 g/mol. The molecule has 0 radical (unpaired) electrons. The van der Waals surface area contributed by atoms with Gasteiger partial charge in [0.15, 0.2) is 5.82 Å². The maximum absolute atomic E-state index is 10.1. The zero-order valence-corrected chi connectivity index (χ0v) is 11.1. The third kappa shape index (κ3) is 2.52. The predicted octanol–water partition coefficient (Wildman–Crippen LogP) is 1.70. The Bertz CT molecular complexity index is 526. The molecule has 0 amide bonds. The van der Waals surface area contributed by atoms with Gasteiger partial charge in [0.1, 0.15) is 6.10 Å². The SMILES string of the molecule is CCc1nn(C)c(CC(O)c2ncccn2)c1Cl. The predicted molar refractivity (Wildman–Crippen MR) is 68.3 cm³/mol. The first-order valence-electron chi connectivity index (χ1n) is 5.78. The van der Waals surface area contributed by atoms with Gasteiger partial charge in [-0.1, -0.05) is 18.5 Å². The van der Waals surface area contributed by atoms with Crippen LogP contribution in [0.4, 0.5) is 0 Å². The molecule has 0 aliphatic rings. The van der Waals surface area contributed by atoms with Crippen LogP contribution in [0.3, 0.4) is 0 Å². The molecule has 0 aliphatic carbocycles. The van der Waals surface area contributed by atoms with Gasteiger partial charge in [-0.15, -0.1) is 0 Å². The summed E-state index contributed by atoms with van der Waals surface area (Å²) in [5.41, 5.74) is 1.64. The Morgan fingerprint density at radius 2 is 2.06 bits per heavy atom. The molecule has 0 spiro atoms. The summed E-state index contributed by atoms with van der Waals surface area (Å²) in [6.07, 6.45) is 3.56. The van der Waals surface area contributed by atoms with Crippen LogP contribution in [0.15, 0.2) is 18.5 Å². The van der Waals surface area contributed by atoms with Crippen LogP contribution in [0.5, 0.6) is 0 Å². The molecule has 2 aromatic heterocycles. The summed E-state index contributed by atoms with van der Waals surface area (Å²) in [6.45, 7) is 1.99. The highest BCUT2D eigenvalue weighted by Gasteiger charge is 2.18. The maximum Gasteiger partial charge on any atom is 0.157 e. The van der Waals surface area contributed by atoms with Gasteiger partial charge < -0.3 is 5.11 Å². The van der Waals surface area contributed by atoms with Crippen molar-refractivity contribution in [3.63, 3.8) is 0 Å². The van der Waals surface area contributed by atoms with Crippen molar-refractivity contribution in [2.45, 2.75) is 25.9 Å². The average molecular weight is 267 g/mol. The van der Waals surface area contributed by atoms with E-state index >= 15 is 0 Å². The minimum Gasteiger partial charge on any atom is -0.385 e. The van der Waals surface area contributed by atoms with Crippen molar-refractivity contribution in [1.82, 2.24) is 19.7 Å². The van der Waals surface area contributed by atoms with Gasteiger partial charge in [-0.2, -0.15) is 5.10 Å². The van der Waals surface area contributed by atoms with Gasteiger partial charge in [-0.3, -0.25) is 4.68 Å². The van der Waals surface area contributed by atoms with Gasteiger partial charge in [-0.05, 0) is 12.5 Å². The topological polar surface area (TPSA) is 63.8 Å². The fourth-order valence-corrected chi connectivity index (χ4v) is 2.17. The van der Waals surface area contributed by atoms with Crippen molar-refractivity contribution in [3.05, 3.63) is 40.7 Å². The Morgan fingerprint density at radius 3 is 2.61 bits per heavy atom. The van der Waals surface area contributed by atoms with Crippen molar-refractivity contribution in [3.8, 4) is 0 Å². The Balaban J connectivity index is 2.22. The summed E-state index contributed by atoms with van der Waals surface area (Å²) in [5, 5.41) is 15.0. The number of rotatable bonds is 4. The van der Waals surface area contributed by atoms with Gasteiger partial charge in [-0.25, -0.2) is 9.97 Å². The standard InChI is InChI=1S/C12H15ClN4O/c1-3-8-11(13)9(17(2)16-8)7-10(18)12-14-5-4-6-15-12/h4-6,10,18H,3,7H2,1-2H3. The Kier molecular flexibility index (Phi) is 3.93. The molecule has 1 atom stereocenters. The Morgan fingerprint density at radius 1 is 1.39 bits per heavy atom. The molecule has 0 saturated carbocycles. The summed E-state index contributed by atoms with van der Waals surface area (Å²) < 4.78 is 1.70. The third-order valence-electron chi connectivity index (χ3n) is 2.77. The van der Waals surface area contributed by atoms with Crippen LogP contribution in [0.25, 0.3) is 0 Å². The first-order chi connectivity index (χ1) is 8.63. The summed E-state index contributed by atoms with van der Waals surface area (Å²) in [7, 11) is 1.82. The normalized spacial score (nSPS) is 12.7. The van der Waals surface area contributed by atoms with Crippen molar-refractivity contribution >= 4 is 11.6 Å². The average Bonchev–Trinajstić information content (AvgIpc) is 2.67. The molecule has 2 aromatic rings. The van der Waals surface area contributed by atoms with Crippen molar-refractivity contribution in [2.24, 2.45) is 7.05 Å². The lowest BCUT2D eigenvalue weighted by atomic mass is 10.1. The van der Waals surface area contributed by atoms with E-state index in [1.54, 1.807) is 23.1 Å². The minimum atomic E-state index is -0.774. The molecule has 0 saturated heterocycles. The van der Waals surface area contributed by atoms with E-state index in [9.17, 15) is 5.11 Å². The summed E-state index contributed by atoms with van der Waals surface area (Å²) >= 11 is 6.23. The second-order valence-corrected chi connectivity index (χ2v) is 4.39. The molecular weight excluding hydrogens is 252 g/mol. The van der Waals surface area contributed by atoms with Crippen molar-refractivity contribution in [2.75, 3.05) is 0 Å². The summed E-state index contributed by atoms with van der Waals surface area (Å²) in [5.74, 6) is 0.396. The number of aryl methyl sites for hydroxylation is 2. The summed E-state index contributed by atoms with van der Waals surface area (Å²) in [4.78, 5) is 8.05. The van der Waals surface area contributed by atoms with E-state index in [1.165, 1.54) is 0 Å². The zero-order valence-electron chi connectivity index (χ0n) is 10.3. The molecule has 96 valence electrons. The second-order valence-electron chi connectivity index (χ2n) is 4.01. The van der Waals surface area contributed by atoms with Gasteiger partial charge in [0, 0.05) is 25.9 Å². The van der Waals surface area contributed by atoms with E-state index in [1.807, 2.05) is 14.0 Å². The fraction of sp³-hybridized carbons (Fsp3) is 0.417. The number of aliphatic hydroxyl groups is 1. The molecule has 1 N–H and O–H groups in total. The Labute approximate surface area is 110 Å². The quantitative estimate of drug-likeness (QED) is 0.915. The van der Waals surface area contributed by atoms with Crippen LogP contribution in [0.2, 0.25) is 5.02 Å². The van der Waals surface area contributed by atoms with E-state index in [2.05, 4.69) is 15.1 Å². The van der Waals surface area contributed by atoms with Gasteiger partial charge in [0.05, 0.1) is 16.4 Å². The highest BCUT2D eigenvalue weighted by molar-refractivity contribution is 6.31. The molecule has 2 rings (SSSR count). The van der Waals surface area contributed by atoms with E-state index in [4.69, 9.17) is 11.6 Å². The smallest absolute Gasteiger partial charge is 0.157 e. The third-order valence-corrected chi connectivity index (χ3v) is 3.21. The summed E-state index contributed by atoms with van der Waals surface area (Å²) in [6, 6.07) is 1.71. The number of aromatic nitrogens is 4. The first kappa shape index (κ1) is 13.0. The molecule has 0 bridgehead atoms. The van der Waals surface area contributed by atoms with Crippen LogP contribution in [0, 0.1) is 0 Å². The lowest BCUT2D eigenvalue weighted by molar-refractivity contribution is 0.165. The van der Waals surface area contributed by atoms with Crippen LogP contribution >= 0.6 is 11.6 Å². The van der Waals surface area contributed by atoms with Crippen LogP contribution in [-0.4, -0.2) is 24.9 Å².